The summed E-state index contributed by atoms with van der Waals surface area (Å²) in [5.41, 5.74) is 7.12. The number of ether oxygens (including phenoxy) is 1. The molecule has 2 rings (SSSR count). The molecule has 0 saturated carbocycles. The van der Waals surface area contributed by atoms with Crippen molar-refractivity contribution >= 4 is 5.69 Å². The van der Waals surface area contributed by atoms with E-state index in [1.165, 1.54) is 10.7 Å². The Bertz CT molecular complexity index is 608. The van der Waals surface area contributed by atoms with E-state index in [4.69, 9.17) is 10.5 Å². The summed E-state index contributed by atoms with van der Waals surface area (Å²) in [6.07, 6.45) is 0.699. The number of nitrogens with zero attached hydrogens (tertiary/aromatic N) is 2. The fourth-order valence-electron chi connectivity index (χ4n) is 1.72. The number of benzene rings is 1. The summed E-state index contributed by atoms with van der Waals surface area (Å²) in [6.45, 7) is 2.89. The Balaban J connectivity index is 1.86. The van der Waals surface area contributed by atoms with Crippen LogP contribution in [-0.2, 0) is 6.54 Å². The zero-order valence-corrected chi connectivity index (χ0v) is 10.9. The van der Waals surface area contributed by atoms with Gasteiger partial charge in [-0.15, -0.1) is 0 Å². The molecule has 0 spiro atoms. The minimum atomic E-state index is -0.0928. The Morgan fingerprint density at radius 3 is 2.84 bits per heavy atom. The molecular formula is C14H17N3O2. The van der Waals surface area contributed by atoms with Crippen molar-refractivity contribution in [3.05, 3.63) is 52.4 Å². The van der Waals surface area contributed by atoms with Crippen molar-refractivity contribution in [1.82, 2.24) is 9.78 Å². The number of aryl methyl sites for hydroxylation is 2. The molecule has 1 aromatic carbocycles. The largest absolute Gasteiger partial charge is 0.491 e. The Kier molecular flexibility index (Phi) is 4.18. The van der Waals surface area contributed by atoms with E-state index in [1.807, 2.05) is 25.1 Å². The molecule has 100 valence electrons. The fourth-order valence-corrected chi connectivity index (χ4v) is 1.72. The SMILES string of the molecule is Cc1ccc(=O)n(CCCOc2ccccc2N)n1. The third-order valence-corrected chi connectivity index (χ3v) is 2.69. The van der Waals surface area contributed by atoms with Crippen LogP contribution in [0, 0.1) is 6.92 Å². The van der Waals surface area contributed by atoms with E-state index in [1.54, 1.807) is 12.1 Å². The molecule has 2 aromatic rings. The van der Waals surface area contributed by atoms with E-state index in [0.29, 0.717) is 31.0 Å². The van der Waals surface area contributed by atoms with E-state index in [0.717, 1.165) is 5.69 Å². The van der Waals surface area contributed by atoms with E-state index in [2.05, 4.69) is 5.10 Å². The Hall–Kier alpha value is -2.30. The summed E-state index contributed by atoms with van der Waals surface area (Å²) in [5, 5.41) is 4.16. The minimum Gasteiger partial charge on any atom is -0.491 e. The van der Waals surface area contributed by atoms with Crippen molar-refractivity contribution in [2.45, 2.75) is 19.9 Å². The third kappa shape index (κ3) is 3.58. The van der Waals surface area contributed by atoms with Gasteiger partial charge in [-0.05, 0) is 25.1 Å². The van der Waals surface area contributed by atoms with Crippen LogP contribution in [0.3, 0.4) is 0 Å². The average molecular weight is 259 g/mol. The number of hydrogen-bond acceptors (Lipinski definition) is 4. The Morgan fingerprint density at radius 2 is 2.05 bits per heavy atom. The number of hydrogen-bond donors (Lipinski definition) is 1. The predicted octanol–water partition coefficient (Wildman–Crippen LogP) is 1.60. The van der Waals surface area contributed by atoms with Crippen molar-refractivity contribution in [2.75, 3.05) is 12.3 Å². The van der Waals surface area contributed by atoms with Gasteiger partial charge in [0, 0.05) is 19.0 Å². The van der Waals surface area contributed by atoms with Gasteiger partial charge in [-0.2, -0.15) is 5.10 Å². The second-order valence-electron chi connectivity index (χ2n) is 4.28. The predicted molar refractivity (Wildman–Crippen MR) is 74.2 cm³/mol. The van der Waals surface area contributed by atoms with Gasteiger partial charge in [0.2, 0.25) is 0 Å². The normalized spacial score (nSPS) is 10.4. The summed E-state index contributed by atoms with van der Waals surface area (Å²) in [5.74, 6) is 0.673. The molecular weight excluding hydrogens is 242 g/mol. The maximum Gasteiger partial charge on any atom is 0.266 e. The van der Waals surface area contributed by atoms with Gasteiger partial charge >= 0.3 is 0 Å². The molecule has 0 amide bonds. The monoisotopic (exact) mass is 259 g/mol. The minimum absolute atomic E-state index is 0.0928. The van der Waals surface area contributed by atoms with Crippen LogP contribution in [0.15, 0.2) is 41.2 Å². The van der Waals surface area contributed by atoms with Gasteiger partial charge in [0.1, 0.15) is 5.75 Å². The highest BCUT2D eigenvalue weighted by Gasteiger charge is 2.00. The molecule has 0 aliphatic heterocycles. The number of rotatable bonds is 5. The molecule has 0 fully saturated rings. The van der Waals surface area contributed by atoms with Crippen LogP contribution >= 0.6 is 0 Å². The fraction of sp³-hybridized carbons (Fsp3) is 0.286. The lowest BCUT2D eigenvalue weighted by Gasteiger charge is -2.09. The smallest absolute Gasteiger partial charge is 0.266 e. The number of aromatic nitrogens is 2. The lowest BCUT2D eigenvalue weighted by atomic mass is 10.3. The van der Waals surface area contributed by atoms with Gasteiger partial charge in [-0.1, -0.05) is 12.1 Å². The van der Waals surface area contributed by atoms with Crippen LogP contribution in [0.4, 0.5) is 5.69 Å². The summed E-state index contributed by atoms with van der Waals surface area (Å²) in [7, 11) is 0. The van der Waals surface area contributed by atoms with E-state index >= 15 is 0 Å². The van der Waals surface area contributed by atoms with Crippen molar-refractivity contribution in [1.29, 1.82) is 0 Å². The number of para-hydroxylation sites is 2. The molecule has 5 heteroatoms. The second-order valence-corrected chi connectivity index (χ2v) is 4.28. The first-order chi connectivity index (χ1) is 9.16. The molecule has 1 aromatic heterocycles. The quantitative estimate of drug-likeness (QED) is 0.654. The molecule has 0 radical (unpaired) electrons. The number of nitrogen functional groups attached to an aromatic ring is 1. The maximum atomic E-state index is 11.5. The molecule has 5 nitrogen and oxygen atoms in total. The van der Waals surface area contributed by atoms with E-state index in [-0.39, 0.29) is 5.56 Å². The van der Waals surface area contributed by atoms with Gasteiger partial charge in [-0.25, -0.2) is 4.68 Å². The summed E-state index contributed by atoms with van der Waals surface area (Å²) in [4.78, 5) is 11.5. The molecule has 0 aliphatic rings. The lowest BCUT2D eigenvalue weighted by Crippen LogP contribution is -2.23. The van der Waals surface area contributed by atoms with Crippen molar-refractivity contribution in [3.63, 3.8) is 0 Å². The highest BCUT2D eigenvalue weighted by molar-refractivity contribution is 5.51. The summed E-state index contributed by atoms with van der Waals surface area (Å²) in [6, 6.07) is 10.6. The van der Waals surface area contributed by atoms with Gasteiger partial charge in [0.15, 0.2) is 0 Å². The molecule has 0 aliphatic carbocycles. The lowest BCUT2D eigenvalue weighted by molar-refractivity contribution is 0.298. The average Bonchev–Trinajstić information content (AvgIpc) is 2.40. The van der Waals surface area contributed by atoms with Crippen molar-refractivity contribution in [2.24, 2.45) is 0 Å². The zero-order valence-electron chi connectivity index (χ0n) is 10.9. The van der Waals surface area contributed by atoms with Crippen molar-refractivity contribution < 1.29 is 4.74 Å². The van der Waals surface area contributed by atoms with E-state index < -0.39 is 0 Å². The first-order valence-electron chi connectivity index (χ1n) is 6.19. The molecule has 0 bridgehead atoms. The molecule has 19 heavy (non-hydrogen) atoms. The molecule has 0 saturated heterocycles. The van der Waals surface area contributed by atoms with Crippen LogP contribution in [0.1, 0.15) is 12.1 Å². The number of anilines is 1. The van der Waals surface area contributed by atoms with E-state index in [9.17, 15) is 4.79 Å². The first kappa shape index (κ1) is 13.1. The topological polar surface area (TPSA) is 70.1 Å². The summed E-state index contributed by atoms with van der Waals surface area (Å²) >= 11 is 0. The molecule has 1 heterocycles. The third-order valence-electron chi connectivity index (χ3n) is 2.69. The Labute approximate surface area is 111 Å². The zero-order chi connectivity index (χ0) is 13.7. The maximum absolute atomic E-state index is 11.5. The Morgan fingerprint density at radius 1 is 1.26 bits per heavy atom. The molecule has 0 unspecified atom stereocenters. The van der Waals surface area contributed by atoms with Crippen LogP contribution < -0.4 is 16.0 Å². The summed E-state index contributed by atoms with van der Waals surface area (Å²) < 4.78 is 7.01. The van der Waals surface area contributed by atoms with Gasteiger partial charge in [0.25, 0.3) is 5.56 Å². The van der Waals surface area contributed by atoms with Crippen LogP contribution in [0.25, 0.3) is 0 Å². The molecule has 2 N–H and O–H groups in total. The standard InChI is InChI=1S/C14H17N3O2/c1-11-7-8-14(18)17(16-11)9-4-10-19-13-6-3-2-5-12(13)15/h2-3,5-8H,4,9-10,15H2,1H3. The van der Waals surface area contributed by atoms with Gasteiger partial charge < -0.3 is 10.5 Å². The highest BCUT2D eigenvalue weighted by Crippen LogP contribution is 2.19. The van der Waals surface area contributed by atoms with Crippen LogP contribution in [-0.4, -0.2) is 16.4 Å². The first-order valence-corrected chi connectivity index (χ1v) is 6.19. The molecule has 0 atom stereocenters. The van der Waals surface area contributed by atoms with Crippen LogP contribution in [0.5, 0.6) is 5.75 Å². The van der Waals surface area contributed by atoms with Crippen molar-refractivity contribution in [3.8, 4) is 5.75 Å². The number of nitrogens with two attached hydrogens (primary N) is 1. The van der Waals surface area contributed by atoms with Gasteiger partial charge in [-0.3, -0.25) is 4.79 Å². The van der Waals surface area contributed by atoms with Crippen LogP contribution in [0.2, 0.25) is 0 Å². The van der Waals surface area contributed by atoms with Gasteiger partial charge in [0.05, 0.1) is 18.0 Å². The highest BCUT2D eigenvalue weighted by atomic mass is 16.5. The second kappa shape index (κ2) is 6.04.